The number of fused-ring (bicyclic) bond motifs is 2. The van der Waals surface area contributed by atoms with E-state index in [4.69, 9.17) is 14.5 Å². The van der Waals surface area contributed by atoms with Crippen LogP contribution in [0.15, 0.2) is 66.9 Å². The molecule has 1 N–H and O–H groups in total. The maximum Gasteiger partial charge on any atom is 0.227 e. The molecular weight excluding hydrogens is 428 g/mol. The zero-order valence-corrected chi connectivity index (χ0v) is 19.6. The SMILES string of the molecule is COc1cc2nc(N(C)C)nc(Nc3ccc4c(cnn4Cc4ccccc4)c3)c2cc1OC. The quantitative estimate of drug-likeness (QED) is 0.376. The average Bonchev–Trinajstić information content (AvgIpc) is 3.25. The van der Waals surface area contributed by atoms with Gasteiger partial charge < -0.3 is 19.7 Å². The highest BCUT2D eigenvalue weighted by Gasteiger charge is 2.15. The van der Waals surface area contributed by atoms with E-state index < -0.39 is 0 Å². The first-order valence-electron chi connectivity index (χ1n) is 10.9. The molecule has 172 valence electrons. The van der Waals surface area contributed by atoms with Crippen molar-refractivity contribution < 1.29 is 9.47 Å². The summed E-state index contributed by atoms with van der Waals surface area (Å²) in [5, 5.41) is 9.95. The van der Waals surface area contributed by atoms with Crippen molar-refractivity contribution in [3.8, 4) is 11.5 Å². The number of nitrogens with one attached hydrogen (secondary N) is 1. The van der Waals surface area contributed by atoms with Crippen LogP contribution in [0.5, 0.6) is 11.5 Å². The van der Waals surface area contributed by atoms with Crippen LogP contribution in [0, 0.1) is 0 Å². The van der Waals surface area contributed by atoms with E-state index in [-0.39, 0.29) is 0 Å². The standard InChI is InChI=1S/C26H26N6O2/c1-31(2)26-29-21-14-24(34-4)23(33-3)13-20(21)25(30-26)28-19-10-11-22-18(12-19)15-27-32(22)16-17-8-6-5-7-9-17/h5-15H,16H2,1-4H3,(H,28,29,30). The van der Waals surface area contributed by atoms with E-state index in [0.29, 0.717) is 23.3 Å². The molecule has 0 amide bonds. The van der Waals surface area contributed by atoms with Crippen molar-refractivity contribution in [2.75, 3.05) is 38.5 Å². The Morgan fingerprint density at radius 3 is 2.41 bits per heavy atom. The molecule has 0 saturated heterocycles. The zero-order chi connectivity index (χ0) is 23.7. The number of aromatic nitrogens is 4. The van der Waals surface area contributed by atoms with Crippen LogP contribution in [-0.2, 0) is 6.54 Å². The normalized spacial score (nSPS) is 11.1. The average molecular weight is 455 g/mol. The third-order valence-electron chi connectivity index (χ3n) is 5.67. The summed E-state index contributed by atoms with van der Waals surface area (Å²) in [6.45, 7) is 0.724. The van der Waals surface area contributed by atoms with Gasteiger partial charge in [-0.25, -0.2) is 4.98 Å². The highest BCUT2D eigenvalue weighted by Crippen LogP contribution is 2.36. The van der Waals surface area contributed by atoms with Crippen LogP contribution in [0.1, 0.15) is 5.56 Å². The molecule has 5 rings (SSSR count). The predicted molar refractivity (Wildman–Crippen MR) is 136 cm³/mol. The summed E-state index contributed by atoms with van der Waals surface area (Å²) in [6, 6.07) is 20.3. The first-order chi connectivity index (χ1) is 16.6. The van der Waals surface area contributed by atoms with Crippen LogP contribution in [0.3, 0.4) is 0 Å². The molecule has 8 nitrogen and oxygen atoms in total. The number of hydrogen-bond donors (Lipinski definition) is 1. The maximum absolute atomic E-state index is 5.51. The molecule has 0 unspecified atom stereocenters. The Balaban J connectivity index is 1.53. The number of methoxy groups -OCH3 is 2. The van der Waals surface area contributed by atoms with Gasteiger partial charge in [0.2, 0.25) is 5.95 Å². The summed E-state index contributed by atoms with van der Waals surface area (Å²) in [5.74, 6) is 2.53. The van der Waals surface area contributed by atoms with Crippen molar-refractivity contribution >= 4 is 39.3 Å². The first-order valence-corrected chi connectivity index (χ1v) is 10.9. The summed E-state index contributed by atoms with van der Waals surface area (Å²) in [7, 11) is 7.06. The van der Waals surface area contributed by atoms with Crippen molar-refractivity contribution in [2.24, 2.45) is 0 Å². The Bertz CT molecular complexity index is 1460. The van der Waals surface area contributed by atoms with Gasteiger partial charge >= 0.3 is 0 Å². The molecule has 0 aliphatic carbocycles. The molecule has 3 aromatic carbocycles. The van der Waals surface area contributed by atoms with E-state index >= 15 is 0 Å². The van der Waals surface area contributed by atoms with Crippen molar-refractivity contribution in [3.05, 3.63) is 72.4 Å². The number of ether oxygens (including phenoxy) is 2. The lowest BCUT2D eigenvalue weighted by molar-refractivity contribution is 0.356. The number of anilines is 3. The van der Waals surface area contributed by atoms with E-state index in [1.807, 2.05) is 66.3 Å². The lowest BCUT2D eigenvalue weighted by Crippen LogP contribution is -2.13. The van der Waals surface area contributed by atoms with Gasteiger partial charge in [-0.15, -0.1) is 0 Å². The molecule has 0 spiro atoms. The summed E-state index contributed by atoms with van der Waals surface area (Å²) in [5.41, 5.74) is 3.95. The third-order valence-corrected chi connectivity index (χ3v) is 5.67. The van der Waals surface area contributed by atoms with Gasteiger partial charge in [-0.05, 0) is 29.8 Å². The van der Waals surface area contributed by atoms with Gasteiger partial charge in [0.1, 0.15) is 5.82 Å². The van der Waals surface area contributed by atoms with Gasteiger partial charge in [0.05, 0.1) is 38.0 Å². The Hall–Kier alpha value is -4.33. The Morgan fingerprint density at radius 1 is 0.912 bits per heavy atom. The highest BCUT2D eigenvalue weighted by molar-refractivity contribution is 5.95. The van der Waals surface area contributed by atoms with E-state index in [2.05, 4.69) is 39.7 Å². The fraction of sp³-hybridized carbons (Fsp3) is 0.192. The van der Waals surface area contributed by atoms with Gasteiger partial charge in [-0.3, -0.25) is 4.68 Å². The fourth-order valence-electron chi connectivity index (χ4n) is 3.92. The molecule has 0 radical (unpaired) electrons. The van der Waals surface area contributed by atoms with Gasteiger partial charge in [0, 0.05) is 36.6 Å². The van der Waals surface area contributed by atoms with Crippen molar-refractivity contribution in [2.45, 2.75) is 6.54 Å². The Kier molecular flexibility index (Phi) is 5.63. The van der Waals surface area contributed by atoms with Crippen molar-refractivity contribution in [1.29, 1.82) is 0 Å². The van der Waals surface area contributed by atoms with Crippen LogP contribution in [0.4, 0.5) is 17.5 Å². The molecule has 8 heteroatoms. The van der Waals surface area contributed by atoms with Crippen molar-refractivity contribution in [1.82, 2.24) is 19.7 Å². The molecule has 2 heterocycles. The van der Waals surface area contributed by atoms with E-state index in [9.17, 15) is 0 Å². The molecule has 0 aliphatic rings. The zero-order valence-electron chi connectivity index (χ0n) is 19.6. The minimum atomic E-state index is 0.596. The molecule has 0 atom stereocenters. The number of benzene rings is 3. The van der Waals surface area contributed by atoms with Crippen LogP contribution in [-0.4, -0.2) is 48.1 Å². The van der Waals surface area contributed by atoms with E-state index in [1.54, 1.807) is 14.2 Å². The first kappa shape index (κ1) is 21.5. The molecule has 0 aliphatic heterocycles. The lowest BCUT2D eigenvalue weighted by Gasteiger charge is -2.16. The molecular formula is C26H26N6O2. The summed E-state index contributed by atoms with van der Waals surface area (Å²) < 4.78 is 13.0. The number of rotatable bonds is 7. The van der Waals surface area contributed by atoms with Gasteiger partial charge in [0.15, 0.2) is 11.5 Å². The second-order valence-corrected chi connectivity index (χ2v) is 8.18. The Morgan fingerprint density at radius 2 is 1.68 bits per heavy atom. The summed E-state index contributed by atoms with van der Waals surface area (Å²) in [6.07, 6.45) is 1.89. The number of hydrogen-bond acceptors (Lipinski definition) is 7. The van der Waals surface area contributed by atoms with E-state index in [0.717, 1.165) is 34.0 Å². The lowest BCUT2D eigenvalue weighted by atomic mass is 10.2. The second-order valence-electron chi connectivity index (χ2n) is 8.18. The second kappa shape index (κ2) is 8.90. The summed E-state index contributed by atoms with van der Waals surface area (Å²) in [4.78, 5) is 11.3. The van der Waals surface area contributed by atoms with Crippen LogP contribution in [0.2, 0.25) is 0 Å². The molecule has 34 heavy (non-hydrogen) atoms. The number of nitrogens with zero attached hydrogens (tertiary/aromatic N) is 5. The minimum absolute atomic E-state index is 0.596. The van der Waals surface area contributed by atoms with Gasteiger partial charge in [-0.2, -0.15) is 10.1 Å². The third kappa shape index (κ3) is 4.05. The van der Waals surface area contributed by atoms with Crippen LogP contribution < -0.4 is 19.7 Å². The van der Waals surface area contributed by atoms with E-state index in [1.165, 1.54) is 5.56 Å². The molecule has 0 bridgehead atoms. The smallest absolute Gasteiger partial charge is 0.227 e. The largest absolute Gasteiger partial charge is 0.493 e. The molecule has 2 aromatic heterocycles. The predicted octanol–water partition coefficient (Wildman–Crippen LogP) is 4.85. The minimum Gasteiger partial charge on any atom is -0.493 e. The van der Waals surface area contributed by atoms with Crippen LogP contribution in [0.25, 0.3) is 21.8 Å². The molecule has 0 saturated carbocycles. The topological polar surface area (TPSA) is 77.3 Å². The van der Waals surface area contributed by atoms with Gasteiger partial charge in [0.25, 0.3) is 0 Å². The fourth-order valence-corrected chi connectivity index (χ4v) is 3.92. The maximum atomic E-state index is 5.51. The molecule has 0 fully saturated rings. The molecule has 5 aromatic rings. The Labute approximate surface area is 197 Å². The van der Waals surface area contributed by atoms with Crippen molar-refractivity contribution in [3.63, 3.8) is 0 Å². The highest BCUT2D eigenvalue weighted by atomic mass is 16.5. The van der Waals surface area contributed by atoms with Crippen LogP contribution >= 0.6 is 0 Å². The summed E-state index contributed by atoms with van der Waals surface area (Å²) >= 11 is 0. The van der Waals surface area contributed by atoms with Gasteiger partial charge in [-0.1, -0.05) is 30.3 Å². The monoisotopic (exact) mass is 454 g/mol.